The molecule has 0 aliphatic carbocycles. The largest absolute Gasteiger partial charge is 0.491 e. The summed E-state index contributed by atoms with van der Waals surface area (Å²) in [4.78, 5) is 0. The molecule has 0 radical (unpaired) electrons. The van der Waals surface area contributed by atoms with E-state index >= 15 is 4.39 Å². The van der Waals surface area contributed by atoms with E-state index in [0.717, 1.165) is 22.8 Å². The molecule has 0 amide bonds. The Morgan fingerprint density at radius 3 is 2.00 bits per heavy atom. The fraction of sp³-hybridized carbons (Fsp3) is 0.302. The first-order chi connectivity index (χ1) is 27.3. The summed E-state index contributed by atoms with van der Waals surface area (Å²) < 4.78 is 91.8. The molecular weight excluding hydrogens is 683 g/mol. The predicted molar refractivity (Wildman–Crippen MR) is 195 cm³/mol. The summed E-state index contributed by atoms with van der Waals surface area (Å²) in [5, 5.41) is 11.5. The lowest BCUT2D eigenvalue weighted by molar-refractivity contribution is -0.353. The normalized spacial score (nSPS) is 25.8. The van der Waals surface area contributed by atoms with Crippen molar-refractivity contribution in [2.24, 2.45) is 0 Å². The zero-order chi connectivity index (χ0) is 40.3. The molecular formula is C43H42ClFO7. The van der Waals surface area contributed by atoms with Crippen molar-refractivity contribution >= 4 is 11.6 Å². The van der Waals surface area contributed by atoms with Gasteiger partial charge in [-0.2, -0.15) is 0 Å². The Kier molecular flexibility index (Phi) is 9.50. The van der Waals surface area contributed by atoms with Crippen LogP contribution in [-0.4, -0.2) is 48.8 Å². The quantitative estimate of drug-likeness (QED) is 0.117. The Morgan fingerprint density at radius 2 is 1.40 bits per heavy atom. The van der Waals surface area contributed by atoms with Gasteiger partial charge in [0.15, 0.2) is 11.6 Å². The highest BCUT2D eigenvalue weighted by molar-refractivity contribution is 6.31. The monoisotopic (exact) mass is 729 g/mol. The van der Waals surface area contributed by atoms with Crippen molar-refractivity contribution in [2.45, 2.75) is 62.8 Å². The third kappa shape index (κ3) is 7.65. The molecule has 7 rings (SSSR count). The van der Waals surface area contributed by atoms with Crippen LogP contribution in [0.3, 0.4) is 0 Å². The van der Waals surface area contributed by atoms with Crippen LogP contribution >= 0.6 is 11.6 Å². The topological polar surface area (TPSA) is 75.6 Å². The van der Waals surface area contributed by atoms with E-state index in [1.807, 2.05) is 91.0 Å². The number of ether oxygens (including phenoxy) is 6. The SMILES string of the molecule is [2H]C([2H])([2H])C([2H])([2H])Oc1ccc(Cc2cc([C@]34OC[C@@](CO)(O3)[C@H](OCc3ccccc3)[C@H](OCc3ccccc3)[C@H]4OCc3ccccc3)ccc2Cl)cc1F. The molecule has 7 nitrogen and oxygen atoms in total. The molecule has 0 aromatic heterocycles. The van der Waals surface area contributed by atoms with Crippen LogP contribution in [0, 0.1) is 5.82 Å². The van der Waals surface area contributed by atoms with Gasteiger partial charge in [-0.05, 0) is 65.4 Å². The summed E-state index contributed by atoms with van der Waals surface area (Å²) >= 11 is 6.77. The molecule has 0 spiro atoms. The molecule has 5 aromatic carbocycles. The fourth-order valence-electron chi connectivity index (χ4n) is 6.87. The van der Waals surface area contributed by atoms with E-state index in [9.17, 15) is 5.11 Å². The van der Waals surface area contributed by atoms with E-state index in [-0.39, 0.29) is 32.8 Å². The van der Waals surface area contributed by atoms with E-state index in [4.69, 9.17) is 46.9 Å². The van der Waals surface area contributed by atoms with Crippen LogP contribution in [0.5, 0.6) is 5.75 Å². The Hall–Kier alpha value is -4.12. The van der Waals surface area contributed by atoms with Crippen LogP contribution in [0.15, 0.2) is 127 Å². The number of halogens is 2. The van der Waals surface area contributed by atoms with Gasteiger partial charge < -0.3 is 33.5 Å². The minimum atomic E-state index is -3.13. The van der Waals surface area contributed by atoms with E-state index in [1.165, 1.54) is 12.1 Å². The van der Waals surface area contributed by atoms with Gasteiger partial charge in [0, 0.05) is 14.7 Å². The van der Waals surface area contributed by atoms with Gasteiger partial charge in [-0.15, -0.1) is 0 Å². The van der Waals surface area contributed by atoms with Crippen molar-refractivity contribution in [3.05, 3.63) is 172 Å². The maximum absolute atomic E-state index is 15.3. The Labute approximate surface area is 315 Å². The second-order valence-electron chi connectivity index (χ2n) is 12.9. The molecule has 2 saturated heterocycles. The first-order valence-corrected chi connectivity index (χ1v) is 17.4. The lowest BCUT2D eigenvalue weighted by atomic mass is 9.83. The number of hydrogen-bond donors (Lipinski definition) is 1. The van der Waals surface area contributed by atoms with Gasteiger partial charge in [0.05, 0.1) is 42.3 Å². The van der Waals surface area contributed by atoms with Gasteiger partial charge >= 0.3 is 0 Å². The van der Waals surface area contributed by atoms with Crippen molar-refractivity contribution in [1.29, 1.82) is 0 Å². The Bertz CT molecular complexity index is 2110. The van der Waals surface area contributed by atoms with Gasteiger partial charge in [-0.1, -0.05) is 115 Å². The van der Waals surface area contributed by atoms with Crippen molar-refractivity contribution in [3.8, 4) is 5.75 Å². The van der Waals surface area contributed by atoms with Crippen LogP contribution in [-0.2, 0) is 55.7 Å². The number of hydrogen-bond acceptors (Lipinski definition) is 7. The molecule has 5 aromatic rings. The van der Waals surface area contributed by atoms with E-state index < -0.39 is 61.3 Å². The van der Waals surface area contributed by atoms with Gasteiger partial charge in [0.2, 0.25) is 5.79 Å². The average Bonchev–Trinajstić information content (AvgIpc) is 3.56. The zero-order valence-corrected chi connectivity index (χ0v) is 29.0. The van der Waals surface area contributed by atoms with Crippen molar-refractivity contribution in [3.63, 3.8) is 0 Å². The minimum absolute atomic E-state index is 0.0618. The van der Waals surface area contributed by atoms with Crippen LogP contribution in [0.4, 0.5) is 4.39 Å². The highest BCUT2D eigenvalue weighted by Gasteiger charge is 2.69. The number of aliphatic hydroxyl groups is 1. The minimum Gasteiger partial charge on any atom is -0.491 e. The predicted octanol–water partition coefficient (Wildman–Crippen LogP) is 8.17. The van der Waals surface area contributed by atoms with Crippen molar-refractivity contribution < 1.29 is 44.8 Å². The third-order valence-corrected chi connectivity index (χ3v) is 9.84. The second kappa shape index (κ2) is 16.3. The van der Waals surface area contributed by atoms with Crippen LogP contribution in [0.2, 0.25) is 5.02 Å². The maximum Gasteiger partial charge on any atom is 0.225 e. The number of fused-ring (bicyclic) bond motifs is 2. The molecule has 2 fully saturated rings. The van der Waals surface area contributed by atoms with Gasteiger partial charge in [-0.25, -0.2) is 4.39 Å². The summed E-state index contributed by atoms with van der Waals surface area (Å²) in [5.74, 6) is -3.12. The first-order valence-electron chi connectivity index (χ1n) is 19.5. The molecule has 1 N–H and O–H groups in total. The first kappa shape index (κ1) is 30.4. The summed E-state index contributed by atoms with van der Waals surface area (Å²) in [5.41, 5.74) is 2.88. The molecule has 5 atom stereocenters. The van der Waals surface area contributed by atoms with Crippen molar-refractivity contribution in [1.82, 2.24) is 0 Å². The standard InChI is InChI=1S/C43H42ClFO7/c1-2-47-38-21-18-33(23-37(38)45)22-34-24-35(19-20-36(34)44)43-41(50-27-32-16-10-5-11-17-32)39(48-25-30-12-6-3-7-13-30)40(42(28-46,52-43)29-51-43)49-26-31-14-8-4-9-15-31/h3-21,23-24,39-41,46H,2,22,25-29H2,1H3/t39-,40+,41+,42+,43-/m0/s1/i1D3,2D2. The van der Waals surface area contributed by atoms with Crippen molar-refractivity contribution in [2.75, 3.05) is 19.8 Å². The molecule has 0 unspecified atom stereocenters. The molecule has 270 valence electrons. The molecule has 0 saturated carbocycles. The van der Waals surface area contributed by atoms with Crippen LogP contribution in [0.25, 0.3) is 0 Å². The maximum atomic E-state index is 15.3. The summed E-state index contributed by atoms with van der Waals surface area (Å²) in [6, 6.07) is 38.0. The summed E-state index contributed by atoms with van der Waals surface area (Å²) in [6.07, 6.45) is -2.53. The molecule has 2 aliphatic heterocycles. The molecule has 2 bridgehead atoms. The lowest BCUT2D eigenvalue weighted by Crippen LogP contribution is -2.67. The van der Waals surface area contributed by atoms with E-state index in [0.29, 0.717) is 21.7 Å². The van der Waals surface area contributed by atoms with E-state index in [1.54, 1.807) is 18.2 Å². The van der Waals surface area contributed by atoms with Gasteiger partial charge in [0.1, 0.15) is 23.9 Å². The van der Waals surface area contributed by atoms with Gasteiger partial charge in [-0.3, -0.25) is 0 Å². The highest BCUT2D eigenvalue weighted by atomic mass is 35.5. The molecule has 9 heteroatoms. The molecule has 2 aliphatic rings. The average molecular weight is 730 g/mol. The lowest BCUT2D eigenvalue weighted by Gasteiger charge is -2.50. The number of benzene rings is 5. The van der Waals surface area contributed by atoms with E-state index in [2.05, 4.69) is 0 Å². The zero-order valence-electron chi connectivity index (χ0n) is 33.3. The van der Waals surface area contributed by atoms with Crippen LogP contribution < -0.4 is 4.74 Å². The third-order valence-electron chi connectivity index (χ3n) is 9.47. The molecule has 52 heavy (non-hydrogen) atoms. The second-order valence-corrected chi connectivity index (χ2v) is 13.3. The smallest absolute Gasteiger partial charge is 0.225 e. The van der Waals surface area contributed by atoms with Gasteiger partial charge in [0.25, 0.3) is 0 Å². The number of rotatable bonds is 15. The Morgan fingerprint density at radius 1 is 0.788 bits per heavy atom. The summed E-state index contributed by atoms with van der Waals surface area (Å²) in [6.45, 7) is -6.20. The fourth-order valence-corrected chi connectivity index (χ4v) is 7.06. The highest BCUT2D eigenvalue weighted by Crippen LogP contribution is 2.53. The number of aliphatic hydroxyl groups excluding tert-OH is 1. The summed E-state index contributed by atoms with van der Waals surface area (Å²) in [7, 11) is 0. The van der Waals surface area contributed by atoms with Crippen LogP contribution in [0.1, 0.15) is 47.1 Å². The Balaban J connectivity index is 1.26. The molecule has 2 heterocycles.